The van der Waals surface area contributed by atoms with Gasteiger partial charge < -0.3 is 4.90 Å². The third-order valence-corrected chi connectivity index (χ3v) is 7.60. The SMILES string of the molecule is ClC1(Cl)CCN(Cc2ccccc2)CCN2CCCN(Cc3ccccc3)CCN1CC2. The van der Waals surface area contributed by atoms with E-state index in [1.54, 1.807) is 0 Å². The molecule has 2 aromatic rings. The van der Waals surface area contributed by atoms with Crippen LogP contribution < -0.4 is 0 Å². The molecular formula is C26H36Cl2N4. The summed E-state index contributed by atoms with van der Waals surface area (Å²) >= 11 is 14.0. The molecule has 0 N–H and O–H groups in total. The Morgan fingerprint density at radius 2 is 1.12 bits per heavy atom. The summed E-state index contributed by atoms with van der Waals surface area (Å²) in [6.07, 6.45) is 1.94. The van der Waals surface area contributed by atoms with Crippen molar-refractivity contribution in [2.45, 2.75) is 30.4 Å². The summed E-state index contributed by atoms with van der Waals surface area (Å²) in [5.41, 5.74) is 2.72. The first-order valence-electron chi connectivity index (χ1n) is 12.0. The smallest absolute Gasteiger partial charge is 0.172 e. The van der Waals surface area contributed by atoms with Crippen LogP contribution in [-0.4, -0.2) is 83.0 Å². The number of hydrogen-bond donors (Lipinski definition) is 0. The molecule has 6 heteroatoms. The zero-order valence-electron chi connectivity index (χ0n) is 19.0. The molecule has 2 heterocycles. The van der Waals surface area contributed by atoms with Gasteiger partial charge >= 0.3 is 0 Å². The standard InChI is InChI=1S/C26H36Cl2N4/c27-26(28)12-15-31(23-25-10-5-2-6-11-25)17-16-29-13-7-14-30(19-21-32(26)20-18-29)22-24-8-3-1-4-9-24/h1-6,8-11H,7,12-23H2. The largest absolute Gasteiger partial charge is 0.301 e. The predicted octanol–water partition coefficient (Wildman–Crippen LogP) is 4.53. The Hall–Kier alpha value is -1.14. The summed E-state index contributed by atoms with van der Waals surface area (Å²) < 4.78 is -0.838. The Balaban J connectivity index is 1.44. The van der Waals surface area contributed by atoms with Gasteiger partial charge in [0.25, 0.3) is 0 Å². The van der Waals surface area contributed by atoms with E-state index in [0.29, 0.717) is 0 Å². The van der Waals surface area contributed by atoms with Crippen LogP contribution in [0.15, 0.2) is 60.7 Å². The van der Waals surface area contributed by atoms with Crippen molar-refractivity contribution in [2.24, 2.45) is 0 Å². The minimum atomic E-state index is -0.838. The second kappa shape index (κ2) is 11.8. The van der Waals surface area contributed by atoms with Gasteiger partial charge in [-0.15, -0.1) is 0 Å². The van der Waals surface area contributed by atoms with Crippen LogP contribution in [0.4, 0.5) is 0 Å². The van der Waals surface area contributed by atoms with Crippen LogP contribution in [-0.2, 0) is 13.1 Å². The zero-order chi connectivity index (χ0) is 22.2. The van der Waals surface area contributed by atoms with Crippen molar-refractivity contribution >= 4 is 23.2 Å². The Morgan fingerprint density at radius 3 is 1.78 bits per heavy atom. The first-order valence-corrected chi connectivity index (χ1v) is 12.7. The molecule has 2 unspecified atom stereocenters. The average Bonchev–Trinajstić information content (AvgIpc) is 2.81. The number of alkyl halides is 2. The minimum Gasteiger partial charge on any atom is -0.301 e. The molecule has 0 spiro atoms. The summed E-state index contributed by atoms with van der Waals surface area (Å²) in [5.74, 6) is 0. The fourth-order valence-corrected chi connectivity index (χ4v) is 5.28. The van der Waals surface area contributed by atoms with E-state index in [4.69, 9.17) is 23.2 Å². The van der Waals surface area contributed by atoms with Crippen LogP contribution in [0.5, 0.6) is 0 Å². The normalized spacial score (nSPS) is 25.9. The lowest BCUT2D eigenvalue weighted by Gasteiger charge is -2.41. The number of halogens is 2. The van der Waals surface area contributed by atoms with Gasteiger partial charge in [0.1, 0.15) is 0 Å². The molecule has 2 atom stereocenters. The summed E-state index contributed by atoms with van der Waals surface area (Å²) in [7, 11) is 0. The molecule has 2 bridgehead atoms. The van der Waals surface area contributed by atoms with Crippen LogP contribution in [0.2, 0.25) is 0 Å². The molecule has 2 aliphatic heterocycles. The molecule has 2 saturated heterocycles. The van der Waals surface area contributed by atoms with E-state index in [0.717, 1.165) is 78.4 Å². The van der Waals surface area contributed by atoms with Crippen molar-refractivity contribution in [3.05, 3.63) is 71.8 Å². The maximum atomic E-state index is 6.99. The molecule has 2 aromatic carbocycles. The summed E-state index contributed by atoms with van der Waals surface area (Å²) in [4.78, 5) is 9.98. The fourth-order valence-electron chi connectivity index (χ4n) is 4.77. The Kier molecular flexibility index (Phi) is 8.87. The van der Waals surface area contributed by atoms with Gasteiger partial charge in [-0.1, -0.05) is 83.9 Å². The second-order valence-electron chi connectivity index (χ2n) is 9.12. The van der Waals surface area contributed by atoms with E-state index < -0.39 is 4.46 Å². The highest BCUT2D eigenvalue weighted by Crippen LogP contribution is 2.31. The van der Waals surface area contributed by atoms with Crippen molar-refractivity contribution in [3.63, 3.8) is 0 Å². The molecule has 2 fully saturated rings. The molecular weight excluding hydrogens is 439 g/mol. The van der Waals surface area contributed by atoms with E-state index in [1.165, 1.54) is 17.5 Å². The van der Waals surface area contributed by atoms with Crippen LogP contribution in [0.1, 0.15) is 24.0 Å². The van der Waals surface area contributed by atoms with Gasteiger partial charge in [0, 0.05) is 65.3 Å². The number of hydrogen-bond acceptors (Lipinski definition) is 4. The molecule has 32 heavy (non-hydrogen) atoms. The Labute approximate surface area is 203 Å². The fraction of sp³-hybridized carbons (Fsp3) is 0.538. The summed E-state index contributed by atoms with van der Waals surface area (Å²) in [5, 5.41) is 0. The molecule has 174 valence electrons. The maximum Gasteiger partial charge on any atom is 0.172 e. The van der Waals surface area contributed by atoms with Crippen LogP contribution in [0, 0.1) is 0 Å². The number of benzene rings is 2. The molecule has 0 aliphatic carbocycles. The lowest BCUT2D eigenvalue weighted by atomic mass is 10.2. The van der Waals surface area contributed by atoms with Crippen molar-refractivity contribution in [1.29, 1.82) is 0 Å². The lowest BCUT2D eigenvalue weighted by molar-refractivity contribution is 0.0960. The highest BCUT2D eigenvalue weighted by Gasteiger charge is 2.34. The van der Waals surface area contributed by atoms with Crippen molar-refractivity contribution in [3.8, 4) is 0 Å². The Bertz CT molecular complexity index is 802. The maximum absolute atomic E-state index is 6.99. The molecule has 0 amide bonds. The predicted molar refractivity (Wildman–Crippen MR) is 135 cm³/mol. The first-order chi connectivity index (χ1) is 15.6. The minimum absolute atomic E-state index is 0.752. The monoisotopic (exact) mass is 474 g/mol. The van der Waals surface area contributed by atoms with Crippen molar-refractivity contribution in [2.75, 3.05) is 58.9 Å². The highest BCUT2D eigenvalue weighted by atomic mass is 35.5. The quantitative estimate of drug-likeness (QED) is 0.476. The summed E-state index contributed by atoms with van der Waals surface area (Å²) in [6, 6.07) is 21.5. The van der Waals surface area contributed by atoms with Crippen molar-refractivity contribution < 1.29 is 0 Å². The third-order valence-electron chi connectivity index (χ3n) is 6.74. The highest BCUT2D eigenvalue weighted by molar-refractivity contribution is 6.48. The molecule has 0 saturated carbocycles. The molecule has 4 nitrogen and oxygen atoms in total. The van der Waals surface area contributed by atoms with Crippen LogP contribution >= 0.6 is 23.2 Å². The number of nitrogens with zero attached hydrogens (tertiary/aromatic N) is 4. The van der Waals surface area contributed by atoms with Gasteiger partial charge in [0.15, 0.2) is 4.46 Å². The van der Waals surface area contributed by atoms with Gasteiger partial charge in [-0.05, 0) is 30.6 Å². The molecule has 4 rings (SSSR count). The van der Waals surface area contributed by atoms with E-state index in [2.05, 4.69) is 80.3 Å². The van der Waals surface area contributed by atoms with Gasteiger partial charge in [0.2, 0.25) is 0 Å². The van der Waals surface area contributed by atoms with E-state index in [-0.39, 0.29) is 0 Å². The Morgan fingerprint density at radius 1 is 0.594 bits per heavy atom. The van der Waals surface area contributed by atoms with Gasteiger partial charge in [0.05, 0.1) is 0 Å². The first kappa shape index (κ1) is 24.0. The number of fused-ring (bicyclic) bond motifs is 3. The van der Waals surface area contributed by atoms with Crippen molar-refractivity contribution in [1.82, 2.24) is 19.6 Å². The van der Waals surface area contributed by atoms with Gasteiger partial charge in [-0.3, -0.25) is 14.7 Å². The van der Waals surface area contributed by atoms with E-state index >= 15 is 0 Å². The van der Waals surface area contributed by atoms with E-state index in [1.807, 2.05) is 0 Å². The average molecular weight is 476 g/mol. The topological polar surface area (TPSA) is 13.0 Å². The molecule has 2 aliphatic rings. The molecule has 0 radical (unpaired) electrons. The summed E-state index contributed by atoms with van der Waals surface area (Å²) in [6.45, 7) is 11.0. The van der Waals surface area contributed by atoms with Gasteiger partial charge in [-0.2, -0.15) is 0 Å². The second-order valence-corrected chi connectivity index (χ2v) is 10.6. The van der Waals surface area contributed by atoms with Gasteiger partial charge in [-0.25, -0.2) is 0 Å². The van der Waals surface area contributed by atoms with E-state index in [9.17, 15) is 0 Å². The third kappa shape index (κ3) is 7.18. The number of rotatable bonds is 4. The van der Waals surface area contributed by atoms with Crippen LogP contribution in [0.3, 0.4) is 0 Å². The van der Waals surface area contributed by atoms with Crippen LogP contribution in [0.25, 0.3) is 0 Å². The molecule has 0 aromatic heterocycles. The zero-order valence-corrected chi connectivity index (χ0v) is 20.5. The lowest BCUT2D eigenvalue weighted by Crippen LogP contribution is -2.52.